The van der Waals surface area contributed by atoms with Crippen molar-refractivity contribution in [1.82, 2.24) is 15.0 Å². The number of nitrogens with zero attached hydrogens (tertiary/aromatic N) is 3. The number of furan rings is 1. The van der Waals surface area contributed by atoms with Gasteiger partial charge in [-0.2, -0.15) is 0 Å². The number of fused-ring (bicyclic) bond motifs is 5. The van der Waals surface area contributed by atoms with Gasteiger partial charge in [-0.05, 0) is 77.4 Å². The zero-order valence-corrected chi connectivity index (χ0v) is 32.9. The predicted octanol–water partition coefficient (Wildman–Crippen LogP) is 12.6. The summed E-state index contributed by atoms with van der Waals surface area (Å²) < 4.78 is 38.3. The number of pyridine rings is 2. The second kappa shape index (κ2) is 14.6. The van der Waals surface area contributed by atoms with E-state index in [1.54, 1.807) is 29.5 Å². The standard InChI is InChI=1S/C33H31N2OS.C12H10N.Ir/c1-18(2)25-17-34-26(16-24(25)28-19(3)10-8-11-20(28)4)23-13-9-12-21-22-14-15-27-29(31(22)36-30(21)23)35-32(37-27)33(5,6)7;1-10-7-8-12(13-9-10)11-5-3-2-4-6-11;/h8-12,14-18H,1-7H3;2-5,7-9H,1H3;/q2*-1;/i18D;1D3;. The van der Waals surface area contributed by atoms with Crippen LogP contribution in [0.15, 0.2) is 102 Å². The average molecular weight is 868 g/mol. The molecule has 0 unspecified atom stereocenters. The molecule has 0 saturated heterocycles. The van der Waals surface area contributed by atoms with E-state index in [0.717, 1.165) is 76.4 Å². The van der Waals surface area contributed by atoms with Crippen LogP contribution in [0, 0.1) is 32.8 Å². The van der Waals surface area contributed by atoms with Gasteiger partial charge in [-0.25, -0.2) is 4.98 Å². The summed E-state index contributed by atoms with van der Waals surface area (Å²) in [4.78, 5) is 14.0. The van der Waals surface area contributed by atoms with Crippen LogP contribution >= 0.6 is 11.3 Å². The molecule has 4 aromatic carbocycles. The van der Waals surface area contributed by atoms with Crippen molar-refractivity contribution in [1.29, 1.82) is 0 Å². The van der Waals surface area contributed by atoms with Crippen LogP contribution in [0.3, 0.4) is 0 Å². The largest absolute Gasteiger partial charge is 0.498 e. The third-order valence-corrected chi connectivity index (χ3v) is 10.2. The molecular weight excluding hydrogens is 823 g/mol. The second-order valence-corrected chi connectivity index (χ2v) is 14.9. The number of rotatable bonds is 4. The molecule has 4 heterocycles. The van der Waals surface area contributed by atoms with Gasteiger partial charge in [0.2, 0.25) is 0 Å². The minimum atomic E-state index is -2.09. The molecule has 0 aliphatic rings. The van der Waals surface area contributed by atoms with Crippen molar-refractivity contribution >= 4 is 43.5 Å². The molecule has 6 heteroatoms. The first-order valence-corrected chi connectivity index (χ1v) is 17.5. The number of benzene rings is 4. The fraction of sp³-hybridized carbons (Fsp3) is 0.222. The average Bonchev–Trinajstić information content (AvgIpc) is 3.74. The zero-order chi connectivity index (χ0) is 38.6. The molecule has 4 aromatic heterocycles. The number of aryl methyl sites for hydroxylation is 3. The Morgan fingerprint density at radius 2 is 1.59 bits per heavy atom. The van der Waals surface area contributed by atoms with Crippen molar-refractivity contribution in [3.8, 4) is 33.6 Å². The van der Waals surface area contributed by atoms with Crippen LogP contribution in [0.4, 0.5) is 0 Å². The van der Waals surface area contributed by atoms with Crippen LogP contribution in [-0.2, 0) is 25.5 Å². The molecule has 1 radical (unpaired) electrons. The summed E-state index contributed by atoms with van der Waals surface area (Å²) in [6.07, 6.45) is 3.25. The molecule has 259 valence electrons. The maximum atomic E-state index is 8.83. The molecule has 0 N–H and O–H groups in total. The SMILES string of the molecule is [2H]C(C)(C)c1cnc(-c2[c-]ccc3c2oc2c3ccc3sc(C(C)(C)C)nc32)cc1-c1c(C)cccc1C.[2H]C([2H])([2H])c1ccc(-c2[c-]cccc2)nc1.[Ir]. The Labute approximate surface area is 324 Å². The van der Waals surface area contributed by atoms with Gasteiger partial charge in [0.05, 0.1) is 15.3 Å². The summed E-state index contributed by atoms with van der Waals surface area (Å²) in [7, 11) is 0. The van der Waals surface area contributed by atoms with Crippen molar-refractivity contribution in [2.45, 2.75) is 66.6 Å². The van der Waals surface area contributed by atoms with Gasteiger partial charge in [-0.15, -0.1) is 65.4 Å². The van der Waals surface area contributed by atoms with Crippen molar-refractivity contribution < 1.29 is 30.0 Å². The fourth-order valence-corrected chi connectivity index (χ4v) is 7.27. The van der Waals surface area contributed by atoms with E-state index in [1.807, 2.05) is 44.3 Å². The van der Waals surface area contributed by atoms with Crippen LogP contribution in [0.2, 0.25) is 0 Å². The maximum absolute atomic E-state index is 8.83. The Morgan fingerprint density at radius 3 is 2.25 bits per heavy atom. The van der Waals surface area contributed by atoms with Crippen molar-refractivity contribution in [3.63, 3.8) is 0 Å². The van der Waals surface area contributed by atoms with Gasteiger partial charge in [0.15, 0.2) is 0 Å². The molecule has 8 aromatic rings. The monoisotopic (exact) mass is 868 g/mol. The predicted molar refractivity (Wildman–Crippen MR) is 210 cm³/mol. The van der Waals surface area contributed by atoms with E-state index in [0.29, 0.717) is 0 Å². The van der Waals surface area contributed by atoms with Crippen LogP contribution in [0.25, 0.3) is 65.8 Å². The topological polar surface area (TPSA) is 51.8 Å². The fourth-order valence-electron chi connectivity index (χ4n) is 6.24. The van der Waals surface area contributed by atoms with E-state index in [2.05, 4.69) is 94.2 Å². The molecule has 8 rings (SSSR count). The van der Waals surface area contributed by atoms with Gasteiger partial charge in [-0.3, -0.25) is 0 Å². The Bertz CT molecular complexity index is 2620. The Morgan fingerprint density at radius 1 is 0.824 bits per heavy atom. The molecular formula is C45H41IrN3OS-2. The van der Waals surface area contributed by atoms with E-state index in [-0.39, 0.29) is 31.1 Å². The number of thiazole rings is 1. The van der Waals surface area contributed by atoms with Crippen molar-refractivity contribution in [3.05, 3.63) is 137 Å². The number of hydrogen-bond acceptors (Lipinski definition) is 5. The molecule has 0 aliphatic carbocycles. The first-order valence-electron chi connectivity index (χ1n) is 18.7. The maximum Gasteiger partial charge on any atom is 0.148 e. The normalized spacial score (nSPS) is 13.2. The van der Waals surface area contributed by atoms with Gasteiger partial charge in [-0.1, -0.05) is 88.0 Å². The van der Waals surface area contributed by atoms with E-state index in [4.69, 9.17) is 19.9 Å². The Hall–Kier alpha value is -4.48. The van der Waals surface area contributed by atoms with Gasteiger partial charge in [0, 0.05) is 48.8 Å². The summed E-state index contributed by atoms with van der Waals surface area (Å²) in [5, 5.41) is 3.18. The van der Waals surface area contributed by atoms with E-state index >= 15 is 0 Å². The number of aromatic nitrogens is 3. The summed E-state index contributed by atoms with van der Waals surface area (Å²) in [5.74, 6) is -0.800. The molecule has 4 nitrogen and oxygen atoms in total. The van der Waals surface area contributed by atoms with Gasteiger partial charge in [0.25, 0.3) is 0 Å². The smallest absolute Gasteiger partial charge is 0.148 e. The van der Waals surface area contributed by atoms with Crippen LogP contribution < -0.4 is 0 Å². The van der Waals surface area contributed by atoms with Crippen LogP contribution in [-0.4, -0.2) is 15.0 Å². The first-order chi connectivity index (χ1) is 25.5. The van der Waals surface area contributed by atoms with Crippen molar-refractivity contribution in [2.24, 2.45) is 0 Å². The molecule has 0 bridgehead atoms. The molecule has 0 saturated carbocycles. The summed E-state index contributed by atoms with van der Waals surface area (Å²) >= 11 is 1.73. The molecule has 51 heavy (non-hydrogen) atoms. The minimum Gasteiger partial charge on any atom is -0.498 e. The van der Waals surface area contributed by atoms with Crippen molar-refractivity contribution in [2.75, 3.05) is 0 Å². The third kappa shape index (κ3) is 7.19. The van der Waals surface area contributed by atoms with E-state index < -0.39 is 12.7 Å². The molecule has 0 fully saturated rings. The van der Waals surface area contributed by atoms with E-state index in [9.17, 15) is 0 Å². The Kier molecular flexibility index (Phi) is 8.97. The van der Waals surface area contributed by atoms with Gasteiger partial charge >= 0.3 is 0 Å². The summed E-state index contributed by atoms with van der Waals surface area (Å²) in [5.41, 5.74) is 11.4. The molecule has 0 amide bonds. The Balaban J connectivity index is 0.000000254. The second-order valence-electron chi connectivity index (χ2n) is 13.8. The minimum absolute atomic E-state index is 0. The molecule has 0 aliphatic heterocycles. The first kappa shape index (κ1) is 31.3. The van der Waals surface area contributed by atoms with Gasteiger partial charge < -0.3 is 14.4 Å². The zero-order valence-electron chi connectivity index (χ0n) is 33.7. The summed E-state index contributed by atoms with van der Waals surface area (Å²) in [6, 6.07) is 33.9. The quantitative estimate of drug-likeness (QED) is 0.165. The van der Waals surface area contributed by atoms with Crippen LogP contribution in [0.1, 0.15) is 73.3 Å². The molecule has 0 spiro atoms. The number of hydrogen-bond donors (Lipinski definition) is 0. The van der Waals surface area contributed by atoms with Crippen LogP contribution in [0.5, 0.6) is 0 Å². The van der Waals surface area contributed by atoms with Gasteiger partial charge in [0.1, 0.15) is 11.1 Å². The van der Waals surface area contributed by atoms with E-state index in [1.165, 1.54) is 17.3 Å². The summed E-state index contributed by atoms with van der Waals surface area (Å²) in [6.45, 7) is 12.6. The third-order valence-electron chi connectivity index (χ3n) is 8.80. The molecule has 0 atom stereocenters.